The Labute approximate surface area is 176 Å². The molecule has 3 nitrogen and oxygen atoms in total. The number of benzene rings is 3. The molecule has 0 atom stereocenters. The summed E-state index contributed by atoms with van der Waals surface area (Å²) in [6.07, 6.45) is 2.08. The third kappa shape index (κ3) is 5.21. The van der Waals surface area contributed by atoms with Crippen LogP contribution in [0.3, 0.4) is 0 Å². The van der Waals surface area contributed by atoms with E-state index in [1.807, 2.05) is 23.9 Å². The SMILES string of the molecule is Cc1cccc(OCCCCn2c(CSc3ccccc3)nc3ccccc32)c1. The number of ether oxygens (including phenoxy) is 1. The molecular formula is C25H26N2OS. The van der Waals surface area contributed by atoms with Crippen LogP contribution in [0.5, 0.6) is 5.75 Å². The number of imidazole rings is 1. The maximum atomic E-state index is 5.90. The predicted octanol–water partition coefficient (Wildman–Crippen LogP) is 6.50. The highest BCUT2D eigenvalue weighted by Gasteiger charge is 2.10. The second kappa shape index (κ2) is 9.66. The molecule has 0 unspecified atom stereocenters. The van der Waals surface area contributed by atoms with Crippen molar-refractivity contribution in [2.75, 3.05) is 6.61 Å². The van der Waals surface area contributed by atoms with Gasteiger partial charge >= 0.3 is 0 Å². The molecule has 0 aliphatic rings. The van der Waals surface area contributed by atoms with Crippen LogP contribution >= 0.6 is 11.8 Å². The van der Waals surface area contributed by atoms with E-state index in [0.29, 0.717) is 0 Å². The number of hydrogen-bond donors (Lipinski definition) is 0. The lowest BCUT2D eigenvalue weighted by molar-refractivity contribution is 0.303. The highest BCUT2D eigenvalue weighted by Crippen LogP contribution is 2.25. The van der Waals surface area contributed by atoms with Gasteiger partial charge in [0.2, 0.25) is 0 Å². The van der Waals surface area contributed by atoms with E-state index in [9.17, 15) is 0 Å². The fourth-order valence-electron chi connectivity index (χ4n) is 3.42. The molecular weight excluding hydrogens is 376 g/mol. The number of nitrogens with zero attached hydrogens (tertiary/aromatic N) is 2. The molecule has 1 aromatic heterocycles. The Balaban J connectivity index is 1.37. The quantitative estimate of drug-likeness (QED) is 0.236. The zero-order valence-corrected chi connectivity index (χ0v) is 17.6. The first-order valence-corrected chi connectivity index (χ1v) is 11.1. The maximum Gasteiger partial charge on any atom is 0.120 e. The molecule has 148 valence electrons. The van der Waals surface area contributed by atoms with E-state index in [2.05, 4.69) is 78.2 Å². The number of para-hydroxylation sites is 2. The van der Waals surface area contributed by atoms with Crippen molar-refractivity contribution in [3.8, 4) is 5.75 Å². The zero-order chi connectivity index (χ0) is 19.9. The molecule has 0 fully saturated rings. The lowest BCUT2D eigenvalue weighted by Gasteiger charge is -2.10. The maximum absolute atomic E-state index is 5.90. The van der Waals surface area contributed by atoms with Gasteiger partial charge in [-0.1, -0.05) is 42.5 Å². The molecule has 1 heterocycles. The minimum absolute atomic E-state index is 0.740. The number of unbranched alkanes of at least 4 members (excludes halogenated alkanes) is 1. The molecule has 0 bridgehead atoms. The largest absolute Gasteiger partial charge is 0.494 e. The van der Waals surface area contributed by atoms with Crippen LogP contribution in [-0.4, -0.2) is 16.2 Å². The molecule has 0 saturated carbocycles. The Kier molecular flexibility index (Phi) is 6.52. The molecule has 4 heteroatoms. The molecule has 3 aromatic carbocycles. The van der Waals surface area contributed by atoms with Crippen molar-refractivity contribution < 1.29 is 4.74 Å². The zero-order valence-electron chi connectivity index (χ0n) is 16.8. The number of thioether (sulfide) groups is 1. The third-order valence-corrected chi connectivity index (χ3v) is 5.89. The van der Waals surface area contributed by atoms with Gasteiger partial charge in [-0.2, -0.15) is 0 Å². The number of aromatic nitrogens is 2. The topological polar surface area (TPSA) is 27.1 Å². The van der Waals surface area contributed by atoms with E-state index in [4.69, 9.17) is 9.72 Å². The lowest BCUT2D eigenvalue weighted by Crippen LogP contribution is -2.05. The van der Waals surface area contributed by atoms with Crippen LogP contribution in [0.1, 0.15) is 24.2 Å². The summed E-state index contributed by atoms with van der Waals surface area (Å²) in [6, 6.07) is 27.2. The average Bonchev–Trinajstić information content (AvgIpc) is 3.10. The highest BCUT2D eigenvalue weighted by molar-refractivity contribution is 7.98. The van der Waals surface area contributed by atoms with Gasteiger partial charge in [-0.15, -0.1) is 11.8 Å². The van der Waals surface area contributed by atoms with Gasteiger partial charge in [0.15, 0.2) is 0 Å². The second-order valence-corrected chi connectivity index (χ2v) is 8.19. The van der Waals surface area contributed by atoms with E-state index < -0.39 is 0 Å². The van der Waals surface area contributed by atoms with Crippen LogP contribution in [0, 0.1) is 6.92 Å². The smallest absolute Gasteiger partial charge is 0.120 e. The van der Waals surface area contributed by atoms with E-state index >= 15 is 0 Å². The Morgan fingerprint density at radius 1 is 0.897 bits per heavy atom. The van der Waals surface area contributed by atoms with E-state index in [1.165, 1.54) is 16.0 Å². The van der Waals surface area contributed by atoms with Gasteiger partial charge in [0.25, 0.3) is 0 Å². The number of rotatable bonds is 9. The molecule has 4 aromatic rings. The molecule has 0 saturated heterocycles. The summed E-state index contributed by atoms with van der Waals surface area (Å²) >= 11 is 1.84. The van der Waals surface area contributed by atoms with Crippen molar-refractivity contribution >= 4 is 22.8 Å². The highest BCUT2D eigenvalue weighted by atomic mass is 32.2. The summed E-state index contributed by atoms with van der Waals surface area (Å²) in [5.41, 5.74) is 3.52. The van der Waals surface area contributed by atoms with Crippen LogP contribution in [0.4, 0.5) is 0 Å². The summed E-state index contributed by atoms with van der Waals surface area (Å²) in [4.78, 5) is 6.17. The molecule has 0 spiro atoms. The molecule has 0 aliphatic carbocycles. The minimum Gasteiger partial charge on any atom is -0.494 e. The summed E-state index contributed by atoms with van der Waals surface area (Å²) in [5.74, 6) is 2.97. The molecule has 0 aliphatic heterocycles. The van der Waals surface area contributed by atoms with Crippen molar-refractivity contribution in [2.45, 2.75) is 37.0 Å². The van der Waals surface area contributed by atoms with Crippen molar-refractivity contribution in [1.29, 1.82) is 0 Å². The number of aryl methyl sites for hydroxylation is 2. The Hall–Kier alpha value is -2.72. The minimum atomic E-state index is 0.740. The predicted molar refractivity (Wildman–Crippen MR) is 122 cm³/mol. The molecule has 0 N–H and O–H groups in total. The van der Waals surface area contributed by atoms with Crippen LogP contribution < -0.4 is 4.74 Å². The molecule has 29 heavy (non-hydrogen) atoms. The van der Waals surface area contributed by atoms with Gasteiger partial charge in [-0.05, 0) is 61.7 Å². The Morgan fingerprint density at radius 3 is 2.59 bits per heavy atom. The lowest BCUT2D eigenvalue weighted by atomic mass is 10.2. The van der Waals surface area contributed by atoms with E-state index in [-0.39, 0.29) is 0 Å². The summed E-state index contributed by atoms with van der Waals surface area (Å²) in [7, 11) is 0. The number of fused-ring (bicyclic) bond motifs is 1. The van der Waals surface area contributed by atoms with Gasteiger partial charge in [-0.25, -0.2) is 4.98 Å². The van der Waals surface area contributed by atoms with Gasteiger partial charge in [0.1, 0.15) is 11.6 Å². The normalized spacial score (nSPS) is 11.1. The first-order chi connectivity index (χ1) is 14.3. The van der Waals surface area contributed by atoms with Gasteiger partial charge in [-0.3, -0.25) is 0 Å². The molecule has 4 rings (SSSR count). The summed E-state index contributed by atoms with van der Waals surface area (Å²) < 4.78 is 8.27. The summed E-state index contributed by atoms with van der Waals surface area (Å²) in [5, 5.41) is 0. The third-order valence-electron chi connectivity index (χ3n) is 4.88. The van der Waals surface area contributed by atoms with Crippen LogP contribution in [0.2, 0.25) is 0 Å². The molecule has 0 amide bonds. The van der Waals surface area contributed by atoms with Crippen molar-refractivity contribution in [3.63, 3.8) is 0 Å². The van der Waals surface area contributed by atoms with E-state index in [0.717, 1.165) is 48.8 Å². The van der Waals surface area contributed by atoms with Crippen LogP contribution in [-0.2, 0) is 12.3 Å². The van der Waals surface area contributed by atoms with E-state index in [1.54, 1.807) is 0 Å². The monoisotopic (exact) mass is 402 g/mol. The van der Waals surface area contributed by atoms with Crippen LogP contribution in [0.15, 0.2) is 83.8 Å². The van der Waals surface area contributed by atoms with Gasteiger partial charge < -0.3 is 9.30 Å². The average molecular weight is 403 g/mol. The van der Waals surface area contributed by atoms with Gasteiger partial charge in [0, 0.05) is 11.4 Å². The summed E-state index contributed by atoms with van der Waals surface area (Å²) in [6.45, 7) is 3.79. The Morgan fingerprint density at radius 2 is 1.72 bits per heavy atom. The van der Waals surface area contributed by atoms with Crippen LogP contribution in [0.25, 0.3) is 11.0 Å². The van der Waals surface area contributed by atoms with Crippen molar-refractivity contribution in [2.24, 2.45) is 0 Å². The van der Waals surface area contributed by atoms with Crippen molar-refractivity contribution in [1.82, 2.24) is 9.55 Å². The molecule has 0 radical (unpaired) electrons. The first kappa shape index (κ1) is 19.6. The van der Waals surface area contributed by atoms with Crippen molar-refractivity contribution in [3.05, 3.63) is 90.3 Å². The fraction of sp³-hybridized carbons (Fsp3) is 0.240. The standard InChI is InChI=1S/C25H26N2OS/c1-20-10-9-11-21(18-20)28-17-8-7-16-27-24-15-6-5-14-23(24)26-25(27)19-29-22-12-3-2-4-13-22/h2-6,9-15,18H,7-8,16-17,19H2,1H3. The fourth-order valence-corrected chi connectivity index (χ4v) is 4.28. The number of hydrogen-bond acceptors (Lipinski definition) is 3. The second-order valence-electron chi connectivity index (χ2n) is 7.14. The van der Waals surface area contributed by atoms with Gasteiger partial charge in [0.05, 0.1) is 23.4 Å². The Bertz CT molecular complexity index is 1060. The first-order valence-electron chi connectivity index (χ1n) is 10.1.